The highest BCUT2D eigenvalue weighted by atomic mass is 79.9. The molecule has 0 radical (unpaired) electrons. The number of methoxy groups -OCH3 is 2. The van der Waals surface area contributed by atoms with Gasteiger partial charge in [-0.05, 0) is 23.3 Å². The van der Waals surface area contributed by atoms with Gasteiger partial charge in [-0.3, -0.25) is 0 Å². The van der Waals surface area contributed by atoms with Crippen LogP contribution in [0.5, 0.6) is 0 Å². The predicted octanol–water partition coefficient (Wildman–Crippen LogP) is 4.56. The zero-order valence-electron chi connectivity index (χ0n) is 11.4. The Hall–Kier alpha value is -1.74. The van der Waals surface area contributed by atoms with Crippen LogP contribution < -0.4 is 0 Å². The lowest BCUT2D eigenvalue weighted by Crippen LogP contribution is -2.03. The highest BCUT2D eigenvalue weighted by Gasteiger charge is 2.34. The van der Waals surface area contributed by atoms with Crippen molar-refractivity contribution in [2.24, 2.45) is 0 Å². The predicted molar refractivity (Wildman–Crippen MR) is 83.4 cm³/mol. The van der Waals surface area contributed by atoms with Gasteiger partial charge in [0.05, 0.1) is 20.1 Å². The van der Waals surface area contributed by atoms with Crippen LogP contribution in [0.25, 0.3) is 5.76 Å². The maximum atomic E-state index is 5.64. The number of hydrogen-bond acceptors (Lipinski definition) is 2. The Morgan fingerprint density at radius 2 is 1.60 bits per heavy atom. The molecule has 2 nitrogen and oxygen atoms in total. The maximum Gasteiger partial charge on any atom is 0.164 e. The third-order valence-electron chi connectivity index (χ3n) is 3.63. The quantitative estimate of drug-likeness (QED) is 0.821. The van der Waals surface area contributed by atoms with Crippen molar-refractivity contribution >= 4 is 21.7 Å². The Balaban J connectivity index is 2.18. The number of allylic oxidation sites excluding steroid dienone is 1. The van der Waals surface area contributed by atoms with Crippen LogP contribution in [0.15, 0.2) is 58.8 Å². The van der Waals surface area contributed by atoms with Gasteiger partial charge in [0.1, 0.15) is 5.76 Å². The van der Waals surface area contributed by atoms with E-state index in [-0.39, 0.29) is 5.92 Å². The fourth-order valence-electron chi connectivity index (χ4n) is 2.77. The van der Waals surface area contributed by atoms with Crippen molar-refractivity contribution in [3.8, 4) is 0 Å². The van der Waals surface area contributed by atoms with Gasteiger partial charge in [0.25, 0.3) is 0 Å². The molecule has 20 heavy (non-hydrogen) atoms. The molecular weight excluding hydrogens is 316 g/mol. The van der Waals surface area contributed by atoms with Gasteiger partial charge in [-0.1, -0.05) is 52.3 Å². The average Bonchev–Trinajstić information content (AvgIpc) is 2.81. The number of halogens is 1. The summed E-state index contributed by atoms with van der Waals surface area (Å²) in [5.41, 5.74) is 3.54. The first kappa shape index (κ1) is 13.3. The first-order valence-corrected chi connectivity index (χ1v) is 7.22. The zero-order valence-corrected chi connectivity index (χ0v) is 13.0. The van der Waals surface area contributed by atoms with Crippen molar-refractivity contribution < 1.29 is 9.47 Å². The largest absolute Gasteiger partial charge is 0.496 e. The summed E-state index contributed by atoms with van der Waals surface area (Å²) in [4.78, 5) is 0. The van der Waals surface area contributed by atoms with E-state index in [0.29, 0.717) is 0 Å². The standard InChI is InChI=1S/C17H15BrO2/c1-19-16-14-6-4-3-5-13(14)15(17(16)20-2)11-7-9-12(18)10-8-11/h3-10,15H,1-2H3. The molecule has 0 aromatic heterocycles. The highest BCUT2D eigenvalue weighted by molar-refractivity contribution is 9.10. The molecule has 1 unspecified atom stereocenters. The van der Waals surface area contributed by atoms with Crippen LogP contribution in [-0.4, -0.2) is 14.2 Å². The molecule has 0 saturated carbocycles. The Morgan fingerprint density at radius 1 is 0.900 bits per heavy atom. The Bertz CT molecular complexity index is 659. The molecular formula is C17H15BrO2. The van der Waals surface area contributed by atoms with E-state index in [1.807, 2.05) is 6.07 Å². The summed E-state index contributed by atoms with van der Waals surface area (Å²) in [6.45, 7) is 0. The molecule has 2 aromatic carbocycles. The van der Waals surface area contributed by atoms with E-state index in [4.69, 9.17) is 9.47 Å². The summed E-state index contributed by atoms with van der Waals surface area (Å²) in [6, 6.07) is 16.6. The summed E-state index contributed by atoms with van der Waals surface area (Å²) in [5.74, 6) is 1.80. The van der Waals surface area contributed by atoms with E-state index in [2.05, 4.69) is 58.4 Å². The van der Waals surface area contributed by atoms with E-state index >= 15 is 0 Å². The topological polar surface area (TPSA) is 18.5 Å². The average molecular weight is 331 g/mol. The van der Waals surface area contributed by atoms with E-state index in [1.54, 1.807) is 14.2 Å². The number of hydrogen-bond donors (Lipinski definition) is 0. The minimum Gasteiger partial charge on any atom is -0.496 e. The number of benzene rings is 2. The Kier molecular flexibility index (Phi) is 3.53. The second kappa shape index (κ2) is 5.33. The number of ether oxygens (including phenoxy) is 2. The van der Waals surface area contributed by atoms with Crippen LogP contribution in [0.4, 0.5) is 0 Å². The first-order chi connectivity index (χ1) is 9.76. The van der Waals surface area contributed by atoms with Gasteiger partial charge < -0.3 is 9.47 Å². The molecule has 0 N–H and O–H groups in total. The molecule has 102 valence electrons. The molecule has 0 aliphatic heterocycles. The van der Waals surface area contributed by atoms with Crippen LogP contribution in [0.1, 0.15) is 22.6 Å². The van der Waals surface area contributed by atoms with Crippen molar-refractivity contribution in [3.05, 3.63) is 75.5 Å². The fraction of sp³-hybridized carbons (Fsp3) is 0.176. The van der Waals surface area contributed by atoms with E-state index in [1.165, 1.54) is 11.1 Å². The lowest BCUT2D eigenvalue weighted by atomic mass is 9.92. The molecule has 1 aliphatic carbocycles. The SMILES string of the molecule is COC1=C(OC)C(c2ccc(Br)cc2)c2ccccc21. The van der Waals surface area contributed by atoms with Crippen LogP contribution >= 0.6 is 15.9 Å². The van der Waals surface area contributed by atoms with Gasteiger partial charge in [0.2, 0.25) is 0 Å². The van der Waals surface area contributed by atoms with E-state index in [0.717, 1.165) is 21.6 Å². The maximum absolute atomic E-state index is 5.64. The summed E-state index contributed by atoms with van der Waals surface area (Å²) in [6.07, 6.45) is 0. The van der Waals surface area contributed by atoms with E-state index in [9.17, 15) is 0 Å². The molecule has 0 heterocycles. The first-order valence-electron chi connectivity index (χ1n) is 6.43. The van der Waals surface area contributed by atoms with Crippen molar-refractivity contribution in [2.45, 2.75) is 5.92 Å². The third-order valence-corrected chi connectivity index (χ3v) is 4.16. The molecule has 3 heteroatoms. The number of fused-ring (bicyclic) bond motifs is 1. The normalized spacial score (nSPS) is 17.1. The summed E-state index contributed by atoms with van der Waals surface area (Å²) in [7, 11) is 3.39. The molecule has 3 rings (SSSR count). The lowest BCUT2D eigenvalue weighted by molar-refractivity contribution is 0.256. The van der Waals surface area contributed by atoms with Crippen molar-refractivity contribution in [1.82, 2.24) is 0 Å². The van der Waals surface area contributed by atoms with Crippen molar-refractivity contribution in [1.29, 1.82) is 0 Å². The minimum atomic E-state index is 0.0965. The van der Waals surface area contributed by atoms with Gasteiger partial charge in [-0.15, -0.1) is 0 Å². The molecule has 0 bridgehead atoms. The summed E-state index contributed by atoms with van der Waals surface area (Å²) < 4.78 is 12.3. The van der Waals surface area contributed by atoms with Gasteiger partial charge >= 0.3 is 0 Å². The smallest absolute Gasteiger partial charge is 0.164 e. The van der Waals surface area contributed by atoms with Crippen LogP contribution in [-0.2, 0) is 9.47 Å². The molecule has 0 spiro atoms. The van der Waals surface area contributed by atoms with Gasteiger partial charge in [-0.2, -0.15) is 0 Å². The second-order valence-electron chi connectivity index (χ2n) is 4.67. The summed E-state index contributed by atoms with van der Waals surface area (Å²) in [5, 5.41) is 0. The van der Waals surface area contributed by atoms with Crippen LogP contribution in [0.3, 0.4) is 0 Å². The van der Waals surface area contributed by atoms with Crippen LogP contribution in [0, 0.1) is 0 Å². The van der Waals surface area contributed by atoms with Gasteiger partial charge in [0, 0.05) is 10.0 Å². The molecule has 1 atom stereocenters. The second-order valence-corrected chi connectivity index (χ2v) is 5.59. The molecule has 0 saturated heterocycles. The summed E-state index contributed by atoms with van der Waals surface area (Å²) >= 11 is 3.48. The van der Waals surface area contributed by atoms with Crippen molar-refractivity contribution in [3.63, 3.8) is 0 Å². The molecule has 2 aromatic rings. The number of rotatable bonds is 3. The van der Waals surface area contributed by atoms with Crippen molar-refractivity contribution in [2.75, 3.05) is 14.2 Å². The molecule has 0 fully saturated rings. The zero-order chi connectivity index (χ0) is 14.1. The molecule has 1 aliphatic rings. The fourth-order valence-corrected chi connectivity index (χ4v) is 3.03. The van der Waals surface area contributed by atoms with Gasteiger partial charge in [0.15, 0.2) is 5.76 Å². The molecule has 0 amide bonds. The minimum absolute atomic E-state index is 0.0965. The lowest BCUT2D eigenvalue weighted by Gasteiger charge is -2.16. The Labute approximate surface area is 127 Å². The monoisotopic (exact) mass is 330 g/mol. The van der Waals surface area contributed by atoms with Gasteiger partial charge in [-0.25, -0.2) is 0 Å². The third kappa shape index (κ3) is 2.02. The Morgan fingerprint density at radius 3 is 2.25 bits per heavy atom. The van der Waals surface area contributed by atoms with E-state index < -0.39 is 0 Å². The highest BCUT2D eigenvalue weighted by Crippen LogP contribution is 2.45. The van der Waals surface area contributed by atoms with Crippen LogP contribution in [0.2, 0.25) is 0 Å².